The van der Waals surface area contributed by atoms with Crippen LogP contribution < -0.4 is 15.8 Å². The van der Waals surface area contributed by atoms with E-state index in [4.69, 9.17) is 31.5 Å². The molecule has 7 nitrogen and oxygen atoms in total. The number of anilines is 2. The molecule has 148 valence electrons. The van der Waals surface area contributed by atoms with Gasteiger partial charge in [-0.1, -0.05) is 29.8 Å². The van der Waals surface area contributed by atoms with Gasteiger partial charge in [0.25, 0.3) is 0 Å². The second-order valence-electron chi connectivity index (χ2n) is 6.08. The van der Waals surface area contributed by atoms with Crippen molar-refractivity contribution in [2.75, 3.05) is 51.1 Å². The normalized spacial score (nSPS) is 13.4. The molecule has 0 unspecified atom stereocenters. The van der Waals surface area contributed by atoms with Gasteiger partial charge < -0.3 is 25.3 Å². The quantitative estimate of drug-likeness (QED) is 0.522. The molecule has 1 amide bonds. The number of amides is 1. The van der Waals surface area contributed by atoms with Crippen LogP contribution in [0.5, 0.6) is 5.75 Å². The molecule has 0 aliphatic carbocycles. The molecule has 1 aliphatic heterocycles. The summed E-state index contributed by atoms with van der Waals surface area (Å²) < 4.78 is 16.0. The van der Waals surface area contributed by atoms with Crippen molar-refractivity contribution in [2.24, 2.45) is 4.99 Å². The van der Waals surface area contributed by atoms with Crippen molar-refractivity contribution < 1.29 is 19.0 Å². The number of hydrogen-bond acceptors (Lipinski definition) is 6. The van der Waals surface area contributed by atoms with E-state index in [1.807, 2.05) is 18.2 Å². The van der Waals surface area contributed by atoms with Crippen molar-refractivity contribution in [3.8, 4) is 5.75 Å². The average Bonchev–Trinajstić information content (AvgIpc) is 2.83. The fraction of sp³-hybridized carbons (Fsp3) is 0.300. The Morgan fingerprint density at radius 2 is 1.93 bits per heavy atom. The van der Waals surface area contributed by atoms with E-state index in [0.717, 1.165) is 5.56 Å². The van der Waals surface area contributed by atoms with Crippen LogP contribution in [-0.2, 0) is 14.3 Å². The highest BCUT2D eigenvalue weighted by Gasteiger charge is 2.21. The number of nitrogen functional groups attached to an aromatic ring is 1. The van der Waals surface area contributed by atoms with E-state index < -0.39 is 0 Å². The predicted molar refractivity (Wildman–Crippen MR) is 110 cm³/mol. The number of nitrogens with zero attached hydrogens (tertiary/aromatic N) is 1. The van der Waals surface area contributed by atoms with Gasteiger partial charge in [-0.3, -0.25) is 9.79 Å². The second-order valence-corrected chi connectivity index (χ2v) is 6.49. The number of carbonyl (C=O) groups excluding carboxylic acids is 1. The zero-order chi connectivity index (χ0) is 19.9. The van der Waals surface area contributed by atoms with Crippen LogP contribution in [0.3, 0.4) is 0 Å². The molecule has 3 rings (SSSR count). The minimum absolute atomic E-state index is 0.00132. The topological polar surface area (TPSA) is 95.2 Å². The summed E-state index contributed by atoms with van der Waals surface area (Å²) >= 11 is 6.34. The van der Waals surface area contributed by atoms with Crippen LogP contribution in [0.25, 0.3) is 0 Å². The van der Waals surface area contributed by atoms with E-state index in [-0.39, 0.29) is 12.5 Å². The number of rotatable bonds is 8. The summed E-state index contributed by atoms with van der Waals surface area (Å²) in [6.45, 7) is 1.74. The van der Waals surface area contributed by atoms with E-state index in [0.29, 0.717) is 59.8 Å². The first-order valence-corrected chi connectivity index (χ1v) is 9.20. The molecule has 0 radical (unpaired) electrons. The van der Waals surface area contributed by atoms with Crippen molar-refractivity contribution in [1.29, 1.82) is 0 Å². The van der Waals surface area contributed by atoms with Crippen LogP contribution in [0, 0.1) is 0 Å². The first-order valence-electron chi connectivity index (χ1n) is 8.82. The molecule has 28 heavy (non-hydrogen) atoms. The molecule has 0 saturated carbocycles. The van der Waals surface area contributed by atoms with Gasteiger partial charge in [-0.25, -0.2) is 0 Å². The Kier molecular flexibility index (Phi) is 6.86. The number of nitrogens with two attached hydrogens (primary N) is 1. The average molecular weight is 404 g/mol. The number of halogens is 1. The fourth-order valence-corrected chi connectivity index (χ4v) is 3.01. The molecule has 2 aromatic rings. The highest BCUT2D eigenvalue weighted by atomic mass is 35.5. The Morgan fingerprint density at radius 1 is 1.14 bits per heavy atom. The zero-order valence-electron chi connectivity index (χ0n) is 15.5. The van der Waals surface area contributed by atoms with Gasteiger partial charge in [-0.05, 0) is 12.1 Å². The summed E-state index contributed by atoms with van der Waals surface area (Å²) in [6, 6.07) is 10.8. The Morgan fingerprint density at radius 3 is 2.71 bits per heavy atom. The van der Waals surface area contributed by atoms with Crippen LogP contribution >= 0.6 is 11.6 Å². The number of benzodiazepines with no additional fused rings is 1. The molecule has 0 fully saturated rings. The summed E-state index contributed by atoms with van der Waals surface area (Å²) in [5.41, 5.74) is 9.24. The molecule has 1 heterocycles. The van der Waals surface area contributed by atoms with E-state index >= 15 is 0 Å². The molecule has 0 saturated heterocycles. The van der Waals surface area contributed by atoms with Crippen molar-refractivity contribution in [2.45, 2.75) is 0 Å². The van der Waals surface area contributed by atoms with Gasteiger partial charge in [0.1, 0.15) is 18.9 Å². The third-order valence-electron chi connectivity index (χ3n) is 4.11. The maximum atomic E-state index is 12.1. The summed E-state index contributed by atoms with van der Waals surface area (Å²) in [7, 11) is 1.62. The largest absolute Gasteiger partial charge is 0.489 e. The summed E-state index contributed by atoms with van der Waals surface area (Å²) in [5, 5.41) is 3.40. The van der Waals surface area contributed by atoms with Gasteiger partial charge in [0.2, 0.25) is 5.91 Å². The number of fused-ring (bicyclic) bond motifs is 1. The summed E-state index contributed by atoms with van der Waals surface area (Å²) in [4.78, 5) is 16.6. The predicted octanol–water partition coefficient (Wildman–Crippen LogP) is 2.75. The first-order chi connectivity index (χ1) is 13.6. The van der Waals surface area contributed by atoms with E-state index in [2.05, 4.69) is 10.3 Å². The molecule has 0 spiro atoms. The van der Waals surface area contributed by atoms with Gasteiger partial charge in [-0.2, -0.15) is 0 Å². The van der Waals surface area contributed by atoms with Crippen LogP contribution in [0.2, 0.25) is 5.02 Å². The number of hydrogen-bond donors (Lipinski definition) is 2. The number of carbonyl (C=O) groups is 1. The maximum Gasteiger partial charge on any atom is 0.246 e. The molecule has 1 aliphatic rings. The van der Waals surface area contributed by atoms with E-state index in [1.54, 1.807) is 25.3 Å². The second kappa shape index (κ2) is 9.54. The third kappa shape index (κ3) is 4.81. The van der Waals surface area contributed by atoms with Crippen molar-refractivity contribution in [1.82, 2.24) is 0 Å². The van der Waals surface area contributed by atoms with Crippen LogP contribution in [0.15, 0.2) is 41.4 Å². The van der Waals surface area contributed by atoms with E-state index in [9.17, 15) is 4.79 Å². The molecule has 8 heteroatoms. The highest BCUT2D eigenvalue weighted by molar-refractivity contribution is 6.36. The van der Waals surface area contributed by atoms with Gasteiger partial charge in [0.05, 0.1) is 36.9 Å². The third-order valence-corrected chi connectivity index (χ3v) is 4.44. The molecule has 3 N–H and O–H groups in total. The fourth-order valence-electron chi connectivity index (χ4n) is 2.79. The number of methoxy groups -OCH3 is 1. The van der Waals surface area contributed by atoms with Crippen LogP contribution in [0.4, 0.5) is 11.4 Å². The van der Waals surface area contributed by atoms with Gasteiger partial charge in [0.15, 0.2) is 0 Å². The molecule has 0 bridgehead atoms. The smallest absolute Gasteiger partial charge is 0.246 e. The summed E-state index contributed by atoms with van der Waals surface area (Å²) in [6.07, 6.45) is 0. The highest BCUT2D eigenvalue weighted by Crippen LogP contribution is 2.33. The van der Waals surface area contributed by atoms with Crippen LogP contribution in [0.1, 0.15) is 11.1 Å². The van der Waals surface area contributed by atoms with Crippen LogP contribution in [-0.4, -0.2) is 51.7 Å². The zero-order valence-corrected chi connectivity index (χ0v) is 16.3. The lowest BCUT2D eigenvalue weighted by molar-refractivity contribution is -0.114. The van der Waals surface area contributed by atoms with Gasteiger partial charge in [0, 0.05) is 29.3 Å². The first kappa shape index (κ1) is 20.1. The molecular formula is C20H22ClN3O4. The maximum absolute atomic E-state index is 12.1. The van der Waals surface area contributed by atoms with Crippen molar-refractivity contribution in [3.05, 3.63) is 52.5 Å². The minimum Gasteiger partial charge on any atom is -0.489 e. The standard InChI is InChI=1S/C20H22ClN3O4/c1-26-6-7-27-8-9-28-18-11-17-14(10-16(18)22)20(23-12-19(25)24-17)13-4-2-3-5-15(13)21/h2-5,10-11H,6-9,12,22H2,1H3,(H,24,25). The number of aliphatic imine (C=N–C) groups is 1. The Hall–Kier alpha value is -2.61. The Bertz CT molecular complexity index is 886. The van der Waals surface area contributed by atoms with Gasteiger partial charge >= 0.3 is 0 Å². The molecule has 0 atom stereocenters. The monoisotopic (exact) mass is 403 g/mol. The molecule has 2 aromatic carbocycles. The molecule has 0 aromatic heterocycles. The number of ether oxygens (including phenoxy) is 3. The minimum atomic E-state index is -0.220. The lowest BCUT2D eigenvalue weighted by atomic mass is 9.99. The number of benzene rings is 2. The Balaban J connectivity index is 1.84. The van der Waals surface area contributed by atoms with Crippen molar-refractivity contribution in [3.63, 3.8) is 0 Å². The Labute approximate surface area is 168 Å². The SMILES string of the molecule is COCCOCCOc1cc2c(cc1N)C(c1ccccc1Cl)=NCC(=O)N2. The lowest BCUT2D eigenvalue weighted by Gasteiger charge is -2.16. The molecular weight excluding hydrogens is 382 g/mol. The summed E-state index contributed by atoms with van der Waals surface area (Å²) in [5.74, 6) is 0.247. The van der Waals surface area contributed by atoms with Crippen molar-refractivity contribution >= 4 is 34.6 Å². The van der Waals surface area contributed by atoms with E-state index in [1.165, 1.54) is 0 Å². The lowest BCUT2D eigenvalue weighted by Crippen LogP contribution is -2.14. The number of nitrogens with one attached hydrogen (secondary N) is 1. The van der Waals surface area contributed by atoms with Gasteiger partial charge in [-0.15, -0.1) is 0 Å².